The van der Waals surface area contributed by atoms with E-state index in [0.29, 0.717) is 10.8 Å². The average Bonchev–Trinajstić information content (AvgIpc) is 2.47. The lowest BCUT2D eigenvalue weighted by Crippen LogP contribution is -2.43. The van der Waals surface area contributed by atoms with Crippen LogP contribution in [0.4, 0.5) is 0 Å². The fourth-order valence-corrected chi connectivity index (χ4v) is 8.05. The van der Waals surface area contributed by atoms with Gasteiger partial charge >= 0.3 is 0 Å². The Kier molecular flexibility index (Phi) is 12.2. The Balaban J connectivity index is 5.78. The quantitative estimate of drug-likeness (QED) is 0.224. The van der Waals surface area contributed by atoms with Gasteiger partial charge < -0.3 is 0 Å². The van der Waals surface area contributed by atoms with E-state index < -0.39 is 0 Å². The third-order valence-electron chi connectivity index (χ3n) is 6.06. The zero-order chi connectivity index (χ0) is 19.7. The second-order valence-corrected chi connectivity index (χ2v) is 11.9. The molecule has 0 aliphatic rings. The van der Waals surface area contributed by atoms with Crippen LogP contribution < -0.4 is 0 Å². The van der Waals surface area contributed by atoms with E-state index in [1.54, 1.807) is 0 Å². The van der Waals surface area contributed by atoms with E-state index >= 15 is 0 Å². The SMILES string of the molecule is CCCCCPC(C(C(C)C)C(C)C)C(CC)(CCC)CC(C)(C)C. The van der Waals surface area contributed by atoms with E-state index in [1.807, 2.05) is 0 Å². The van der Waals surface area contributed by atoms with Gasteiger partial charge in [0.15, 0.2) is 0 Å². The highest BCUT2D eigenvalue weighted by Crippen LogP contribution is 2.54. The van der Waals surface area contributed by atoms with E-state index in [1.165, 1.54) is 51.1 Å². The van der Waals surface area contributed by atoms with Crippen molar-refractivity contribution in [1.82, 2.24) is 0 Å². The Morgan fingerprint density at radius 3 is 1.72 bits per heavy atom. The molecule has 0 N–H and O–H groups in total. The van der Waals surface area contributed by atoms with Gasteiger partial charge in [-0.1, -0.05) is 88.5 Å². The molecule has 152 valence electrons. The third-order valence-corrected chi connectivity index (χ3v) is 8.14. The predicted molar refractivity (Wildman–Crippen MR) is 121 cm³/mol. The van der Waals surface area contributed by atoms with Gasteiger partial charge in [0.05, 0.1) is 0 Å². The maximum Gasteiger partial charge on any atom is -0.0147 e. The van der Waals surface area contributed by atoms with Crippen LogP contribution in [0.1, 0.15) is 114 Å². The van der Waals surface area contributed by atoms with Crippen molar-refractivity contribution in [3.8, 4) is 0 Å². The van der Waals surface area contributed by atoms with Crippen molar-refractivity contribution in [3.63, 3.8) is 0 Å². The van der Waals surface area contributed by atoms with Crippen molar-refractivity contribution in [3.05, 3.63) is 0 Å². The molecule has 0 nitrogen and oxygen atoms in total. The molecule has 3 atom stereocenters. The van der Waals surface area contributed by atoms with Crippen molar-refractivity contribution in [2.75, 3.05) is 6.16 Å². The van der Waals surface area contributed by atoms with E-state index in [-0.39, 0.29) is 0 Å². The first-order chi connectivity index (χ1) is 11.5. The fourth-order valence-electron chi connectivity index (χ4n) is 5.36. The summed E-state index contributed by atoms with van der Waals surface area (Å²) in [5.41, 5.74) is 1.88. The van der Waals surface area contributed by atoms with E-state index in [9.17, 15) is 0 Å². The molecule has 0 aliphatic carbocycles. The minimum Gasteiger partial charge on any atom is -0.118 e. The molecule has 0 aromatic rings. The van der Waals surface area contributed by atoms with Crippen molar-refractivity contribution in [2.45, 2.75) is 120 Å². The van der Waals surface area contributed by atoms with Gasteiger partial charge in [-0.05, 0) is 66.1 Å². The Labute approximate surface area is 163 Å². The summed E-state index contributed by atoms with van der Waals surface area (Å²) in [4.78, 5) is 0. The molecule has 0 aromatic carbocycles. The van der Waals surface area contributed by atoms with Crippen LogP contribution in [0.15, 0.2) is 0 Å². The van der Waals surface area contributed by atoms with Gasteiger partial charge in [0.2, 0.25) is 0 Å². The van der Waals surface area contributed by atoms with Crippen LogP contribution in [0.3, 0.4) is 0 Å². The zero-order valence-electron chi connectivity index (χ0n) is 19.5. The molecule has 0 heterocycles. The molecule has 0 bridgehead atoms. The van der Waals surface area contributed by atoms with Crippen LogP contribution in [0.5, 0.6) is 0 Å². The maximum atomic E-state index is 2.49. The highest BCUT2D eigenvalue weighted by Gasteiger charge is 2.44. The standard InChI is InChI=1S/C24H51P/c1-11-14-15-17-25-22(21(19(4)5)20(6)7)24(13-3,16-12-2)18-23(8,9)10/h19-22,25H,11-18H2,1-10H3. The summed E-state index contributed by atoms with van der Waals surface area (Å²) in [7, 11) is 1.15. The predicted octanol–water partition coefficient (Wildman–Crippen LogP) is 8.78. The second-order valence-electron chi connectivity index (χ2n) is 10.4. The molecule has 0 radical (unpaired) electrons. The molecule has 0 amide bonds. The van der Waals surface area contributed by atoms with Crippen LogP contribution in [0.2, 0.25) is 0 Å². The molecule has 0 saturated heterocycles. The summed E-state index contributed by atoms with van der Waals surface area (Å²) >= 11 is 0. The largest absolute Gasteiger partial charge is 0.118 e. The Morgan fingerprint density at radius 2 is 1.36 bits per heavy atom. The van der Waals surface area contributed by atoms with Gasteiger partial charge in [-0.2, -0.15) is 0 Å². The van der Waals surface area contributed by atoms with E-state index in [2.05, 4.69) is 69.2 Å². The maximum absolute atomic E-state index is 2.49. The average molecular weight is 371 g/mol. The van der Waals surface area contributed by atoms with Crippen LogP contribution in [0, 0.1) is 28.6 Å². The van der Waals surface area contributed by atoms with Crippen LogP contribution >= 0.6 is 8.58 Å². The molecule has 0 aromatic heterocycles. The molecule has 0 aliphatic heterocycles. The number of unbranched alkanes of at least 4 members (excludes halogenated alkanes) is 2. The van der Waals surface area contributed by atoms with Crippen molar-refractivity contribution < 1.29 is 0 Å². The highest BCUT2D eigenvalue weighted by atomic mass is 31.1. The minimum atomic E-state index is 0.426. The molecule has 0 spiro atoms. The molecule has 0 rings (SSSR count). The third kappa shape index (κ3) is 8.77. The van der Waals surface area contributed by atoms with E-state index in [0.717, 1.165) is 32.0 Å². The molecule has 25 heavy (non-hydrogen) atoms. The molecule has 0 saturated carbocycles. The molecular formula is C24H51P. The smallest absolute Gasteiger partial charge is 0.0147 e. The molecule has 3 unspecified atom stereocenters. The van der Waals surface area contributed by atoms with Gasteiger partial charge in [0.1, 0.15) is 0 Å². The lowest BCUT2D eigenvalue weighted by atomic mass is 9.62. The first-order valence-electron chi connectivity index (χ1n) is 11.3. The Hall–Kier alpha value is 0.430. The van der Waals surface area contributed by atoms with Gasteiger partial charge in [0, 0.05) is 0 Å². The summed E-state index contributed by atoms with van der Waals surface area (Å²) in [6.45, 7) is 24.5. The van der Waals surface area contributed by atoms with Crippen LogP contribution in [-0.2, 0) is 0 Å². The van der Waals surface area contributed by atoms with Gasteiger partial charge in [-0.3, -0.25) is 0 Å². The number of rotatable bonds is 13. The monoisotopic (exact) mass is 370 g/mol. The summed E-state index contributed by atoms with van der Waals surface area (Å²) < 4.78 is 0. The topological polar surface area (TPSA) is 0 Å². The molecule has 1 heteroatoms. The first kappa shape index (κ1) is 25.4. The fraction of sp³-hybridized carbons (Fsp3) is 1.00. The Bertz CT molecular complexity index is 317. The minimum absolute atomic E-state index is 0.426. The summed E-state index contributed by atoms with van der Waals surface area (Å²) in [6.07, 6.45) is 11.2. The first-order valence-corrected chi connectivity index (χ1v) is 12.6. The van der Waals surface area contributed by atoms with E-state index in [4.69, 9.17) is 0 Å². The van der Waals surface area contributed by atoms with Crippen LogP contribution in [0.25, 0.3) is 0 Å². The zero-order valence-corrected chi connectivity index (χ0v) is 20.5. The molecule has 0 fully saturated rings. The lowest BCUT2D eigenvalue weighted by Gasteiger charge is -2.50. The van der Waals surface area contributed by atoms with Gasteiger partial charge in [0.25, 0.3) is 0 Å². The summed E-state index contributed by atoms with van der Waals surface area (Å²) in [5, 5.41) is 0. The van der Waals surface area contributed by atoms with Gasteiger partial charge in [-0.25, -0.2) is 0 Å². The number of hydrogen-bond donors (Lipinski definition) is 0. The summed E-state index contributed by atoms with van der Waals surface area (Å²) in [5.74, 6) is 2.46. The van der Waals surface area contributed by atoms with Crippen molar-refractivity contribution >= 4 is 8.58 Å². The lowest BCUT2D eigenvalue weighted by molar-refractivity contribution is 0.0891. The van der Waals surface area contributed by atoms with Crippen LogP contribution in [-0.4, -0.2) is 11.8 Å². The van der Waals surface area contributed by atoms with Gasteiger partial charge in [-0.15, -0.1) is 8.58 Å². The van der Waals surface area contributed by atoms with Crippen molar-refractivity contribution in [1.29, 1.82) is 0 Å². The normalized spacial score (nSPS) is 17.2. The second kappa shape index (κ2) is 12.0. The Morgan fingerprint density at radius 1 is 0.800 bits per heavy atom. The highest BCUT2D eigenvalue weighted by molar-refractivity contribution is 7.39. The summed E-state index contributed by atoms with van der Waals surface area (Å²) in [6, 6.07) is 0. The number of hydrogen-bond acceptors (Lipinski definition) is 0. The van der Waals surface area contributed by atoms with Crippen molar-refractivity contribution in [2.24, 2.45) is 28.6 Å². The molecular weight excluding hydrogens is 319 g/mol.